The molecule has 4 rings (SSSR count). The van der Waals surface area contributed by atoms with Crippen LogP contribution in [0.4, 0.5) is 4.39 Å². The molecule has 0 unspecified atom stereocenters. The fourth-order valence-electron chi connectivity index (χ4n) is 4.27. The van der Waals surface area contributed by atoms with Crippen molar-refractivity contribution in [1.29, 1.82) is 0 Å². The lowest BCUT2D eigenvalue weighted by molar-refractivity contribution is 0.0698. The second kappa shape index (κ2) is 8.43. The van der Waals surface area contributed by atoms with Gasteiger partial charge in [0.15, 0.2) is 16.9 Å². The summed E-state index contributed by atoms with van der Waals surface area (Å²) in [5.41, 5.74) is 2.23. The van der Waals surface area contributed by atoms with E-state index in [4.69, 9.17) is 5.84 Å². The Balaban J connectivity index is 1.76. The van der Waals surface area contributed by atoms with E-state index >= 15 is 0 Å². The van der Waals surface area contributed by atoms with Crippen molar-refractivity contribution in [3.63, 3.8) is 0 Å². The Kier molecular flexibility index (Phi) is 5.82. The van der Waals surface area contributed by atoms with Crippen LogP contribution < -0.4 is 11.3 Å². The molecular formula is C23H26FN4O3P. The smallest absolute Gasteiger partial charge is 0.274 e. The number of halogens is 1. The first-order valence-corrected chi connectivity index (χ1v) is 13.2. The molecule has 7 nitrogen and oxygen atoms in total. The molecule has 0 fully saturated rings. The molecule has 0 bridgehead atoms. The number of aromatic hydroxyl groups is 1. The van der Waals surface area contributed by atoms with Crippen LogP contribution in [-0.2, 0) is 23.7 Å². The van der Waals surface area contributed by atoms with Gasteiger partial charge in [-0.25, -0.2) is 4.39 Å². The van der Waals surface area contributed by atoms with E-state index in [2.05, 4.69) is 5.10 Å². The Hall–Kier alpha value is -3.12. The van der Waals surface area contributed by atoms with Gasteiger partial charge >= 0.3 is 0 Å². The minimum atomic E-state index is -2.40. The van der Waals surface area contributed by atoms with Crippen LogP contribution >= 0.6 is 7.14 Å². The normalized spacial score (nSPS) is 14.8. The van der Waals surface area contributed by atoms with Gasteiger partial charge in [-0.05, 0) is 43.0 Å². The van der Waals surface area contributed by atoms with Gasteiger partial charge in [0.05, 0.1) is 7.14 Å². The first-order chi connectivity index (χ1) is 15.2. The number of fused-ring (bicyclic) bond motifs is 2. The zero-order valence-electron chi connectivity index (χ0n) is 18.1. The van der Waals surface area contributed by atoms with E-state index in [1.165, 1.54) is 12.1 Å². The Morgan fingerprint density at radius 1 is 1.16 bits per heavy atom. The van der Waals surface area contributed by atoms with Crippen molar-refractivity contribution in [2.45, 2.75) is 19.1 Å². The van der Waals surface area contributed by atoms with E-state index in [-0.39, 0.29) is 23.2 Å². The summed E-state index contributed by atoms with van der Waals surface area (Å²) in [6.45, 7) is 4.69. The van der Waals surface area contributed by atoms with Crippen LogP contribution in [0.5, 0.6) is 5.75 Å². The maximum absolute atomic E-state index is 13.3. The third-order valence-electron chi connectivity index (χ3n) is 5.72. The summed E-state index contributed by atoms with van der Waals surface area (Å²) in [5.74, 6) is 5.00. The van der Waals surface area contributed by atoms with E-state index in [1.807, 2.05) is 6.07 Å². The summed E-state index contributed by atoms with van der Waals surface area (Å²) in [6.07, 6.45) is 0.907. The van der Waals surface area contributed by atoms with Crippen molar-refractivity contribution in [2.75, 3.05) is 26.4 Å². The molecule has 2 aromatic carbocycles. The summed E-state index contributed by atoms with van der Waals surface area (Å²) in [5, 5.41) is 16.1. The monoisotopic (exact) mass is 456 g/mol. The number of carbonyl (C=O) groups excluding carboxylic acids is 1. The standard InChI is InChI=1S/C23H26FN4O3P/c1-32(2,31)14-16-4-3-5-18-19(16)22(26-25)28-13-12-27(23(30)20(28)21(18)29)11-10-15-6-8-17(24)9-7-15/h3-9,29H,10-14,25H2,1-2H3/b26-22-. The average molecular weight is 456 g/mol. The van der Waals surface area contributed by atoms with Gasteiger partial charge in [-0.1, -0.05) is 30.3 Å². The first kappa shape index (κ1) is 22.1. The third kappa shape index (κ3) is 4.15. The molecule has 0 aliphatic carbocycles. The molecule has 9 heteroatoms. The number of hydrogen-bond donors (Lipinski definition) is 2. The minimum absolute atomic E-state index is 0.132. The number of aromatic nitrogens is 1. The SMILES string of the molecule is CP(C)(=O)Cc1cccc2c(O)c3n(/c(=N\N)c12)CCN(CCc1ccc(F)cc1)C3=O. The second-order valence-corrected chi connectivity index (χ2v) is 12.0. The lowest BCUT2D eigenvalue weighted by atomic mass is 10.0. The molecule has 3 aromatic rings. The lowest BCUT2D eigenvalue weighted by Crippen LogP contribution is -2.45. The Bertz CT molecular complexity index is 1310. The van der Waals surface area contributed by atoms with Crippen LogP contribution in [0.3, 0.4) is 0 Å². The van der Waals surface area contributed by atoms with Crippen molar-refractivity contribution in [1.82, 2.24) is 9.47 Å². The number of nitrogens with two attached hydrogens (primary N) is 1. The highest BCUT2D eigenvalue weighted by Crippen LogP contribution is 2.42. The van der Waals surface area contributed by atoms with Gasteiger partial charge in [-0.3, -0.25) is 4.79 Å². The maximum atomic E-state index is 13.3. The quantitative estimate of drug-likeness (QED) is 0.350. The molecule has 0 saturated heterocycles. The maximum Gasteiger partial charge on any atom is 0.274 e. The zero-order valence-corrected chi connectivity index (χ0v) is 19.0. The van der Waals surface area contributed by atoms with Gasteiger partial charge in [-0.15, -0.1) is 0 Å². The van der Waals surface area contributed by atoms with Gasteiger partial charge in [0.25, 0.3) is 5.91 Å². The highest BCUT2D eigenvalue weighted by molar-refractivity contribution is 7.61. The number of rotatable bonds is 5. The highest BCUT2D eigenvalue weighted by Gasteiger charge is 2.30. The van der Waals surface area contributed by atoms with E-state index in [0.717, 1.165) is 11.1 Å². The fraction of sp³-hybridized carbons (Fsp3) is 0.304. The van der Waals surface area contributed by atoms with Crippen molar-refractivity contribution >= 4 is 23.8 Å². The summed E-state index contributed by atoms with van der Waals surface area (Å²) in [6, 6.07) is 11.5. The topological polar surface area (TPSA) is 101 Å². The van der Waals surface area contributed by atoms with Crippen molar-refractivity contribution in [2.24, 2.45) is 10.9 Å². The number of amides is 1. The fourth-order valence-corrected chi connectivity index (χ4v) is 5.35. The molecule has 0 radical (unpaired) electrons. The molecule has 168 valence electrons. The molecule has 0 saturated carbocycles. The van der Waals surface area contributed by atoms with Crippen molar-refractivity contribution in [3.05, 3.63) is 70.6 Å². The summed E-state index contributed by atoms with van der Waals surface area (Å²) < 4.78 is 27.3. The molecular weight excluding hydrogens is 430 g/mol. The molecule has 0 spiro atoms. The minimum Gasteiger partial charge on any atom is -0.505 e. The molecule has 1 aliphatic heterocycles. The zero-order chi connectivity index (χ0) is 23.0. The predicted molar refractivity (Wildman–Crippen MR) is 123 cm³/mol. The summed E-state index contributed by atoms with van der Waals surface area (Å²) >= 11 is 0. The first-order valence-electron chi connectivity index (χ1n) is 10.4. The largest absolute Gasteiger partial charge is 0.505 e. The van der Waals surface area contributed by atoms with E-state index in [0.29, 0.717) is 48.5 Å². The van der Waals surface area contributed by atoms with Gasteiger partial charge in [0, 0.05) is 36.6 Å². The van der Waals surface area contributed by atoms with Gasteiger partial charge < -0.3 is 25.0 Å². The van der Waals surface area contributed by atoms with E-state index < -0.39 is 7.14 Å². The Morgan fingerprint density at radius 2 is 1.88 bits per heavy atom. The van der Waals surface area contributed by atoms with Crippen LogP contribution in [0.1, 0.15) is 21.6 Å². The average Bonchev–Trinajstić information content (AvgIpc) is 2.74. The number of carbonyl (C=O) groups is 1. The molecule has 32 heavy (non-hydrogen) atoms. The summed E-state index contributed by atoms with van der Waals surface area (Å²) in [4.78, 5) is 15.0. The summed E-state index contributed by atoms with van der Waals surface area (Å²) in [7, 11) is -2.40. The predicted octanol–water partition coefficient (Wildman–Crippen LogP) is 3.08. The number of nitrogens with zero attached hydrogens (tertiary/aromatic N) is 3. The Morgan fingerprint density at radius 3 is 2.53 bits per heavy atom. The van der Waals surface area contributed by atoms with E-state index in [9.17, 15) is 18.9 Å². The second-order valence-electron chi connectivity index (χ2n) is 8.54. The third-order valence-corrected chi connectivity index (χ3v) is 6.82. The van der Waals surface area contributed by atoms with Crippen LogP contribution in [0.15, 0.2) is 47.6 Å². The van der Waals surface area contributed by atoms with Gasteiger partial charge in [0.2, 0.25) is 0 Å². The molecule has 1 aromatic heterocycles. The number of benzene rings is 2. The van der Waals surface area contributed by atoms with Crippen LogP contribution in [0.2, 0.25) is 0 Å². The molecule has 1 aliphatic rings. The highest BCUT2D eigenvalue weighted by atomic mass is 31.2. The number of pyridine rings is 1. The number of hydrogen-bond acceptors (Lipinski definition) is 5. The molecule has 0 atom stereocenters. The van der Waals surface area contributed by atoms with Gasteiger partial charge in [0.1, 0.15) is 5.82 Å². The van der Waals surface area contributed by atoms with E-state index in [1.54, 1.807) is 47.1 Å². The van der Waals surface area contributed by atoms with Crippen LogP contribution in [-0.4, -0.2) is 46.9 Å². The molecule has 2 heterocycles. The molecule has 3 N–H and O–H groups in total. The van der Waals surface area contributed by atoms with Gasteiger partial charge in [-0.2, -0.15) is 5.10 Å². The van der Waals surface area contributed by atoms with Crippen LogP contribution in [0, 0.1) is 5.82 Å². The lowest BCUT2D eigenvalue weighted by Gasteiger charge is -2.31. The van der Waals surface area contributed by atoms with Crippen molar-refractivity contribution < 1.29 is 18.9 Å². The molecule has 1 amide bonds. The van der Waals surface area contributed by atoms with Crippen molar-refractivity contribution in [3.8, 4) is 5.75 Å². The van der Waals surface area contributed by atoms with Crippen LogP contribution in [0.25, 0.3) is 10.8 Å². The Labute approximate surface area is 185 Å².